The standard InChI is InChI=1S/C16H12ClN3O4S/c17-11-3-1-10(2-4-11)15-19-14(16(21)22)9-20(15)12-5-7-13(8-6-12)25(18,23)24/h1-9H,(H,21,22)(H2,18,23,24). The maximum Gasteiger partial charge on any atom is 0.356 e. The van der Waals surface area contributed by atoms with Crippen molar-refractivity contribution in [3.63, 3.8) is 0 Å². The monoisotopic (exact) mass is 377 g/mol. The Morgan fingerprint density at radius 2 is 1.68 bits per heavy atom. The van der Waals surface area contributed by atoms with Gasteiger partial charge in [0.1, 0.15) is 5.82 Å². The van der Waals surface area contributed by atoms with Crippen molar-refractivity contribution in [3.05, 3.63) is 65.4 Å². The van der Waals surface area contributed by atoms with E-state index in [4.69, 9.17) is 16.7 Å². The summed E-state index contributed by atoms with van der Waals surface area (Å²) >= 11 is 5.88. The van der Waals surface area contributed by atoms with Crippen LogP contribution >= 0.6 is 11.6 Å². The number of aromatic nitrogens is 2. The highest BCUT2D eigenvalue weighted by molar-refractivity contribution is 7.89. The van der Waals surface area contributed by atoms with Crippen LogP contribution in [0.3, 0.4) is 0 Å². The number of carboxylic acids is 1. The van der Waals surface area contributed by atoms with Crippen LogP contribution in [0.5, 0.6) is 0 Å². The van der Waals surface area contributed by atoms with Gasteiger partial charge in [-0.15, -0.1) is 0 Å². The Morgan fingerprint density at radius 3 is 2.20 bits per heavy atom. The lowest BCUT2D eigenvalue weighted by molar-refractivity contribution is 0.0691. The topological polar surface area (TPSA) is 115 Å². The molecule has 1 aromatic heterocycles. The fraction of sp³-hybridized carbons (Fsp3) is 0. The predicted molar refractivity (Wildman–Crippen MR) is 92.3 cm³/mol. The number of hydrogen-bond acceptors (Lipinski definition) is 4. The second-order valence-corrected chi connectivity index (χ2v) is 7.17. The number of benzene rings is 2. The van der Waals surface area contributed by atoms with Gasteiger partial charge in [0, 0.05) is 22.5 Å². The molecule has 0 bridgehead atoms. The second kappa shape index (κ2) is 6.32. The molecule has 0 aliphatic heterocycles. The van der Waals surface area contributed by atoms with Crippen molar-refractivity contribution < 1.29 is 18.3 Å². The normalized spacial score (nSPS) is 11.4. The summed E-state index contributed by atoms with van der Waals surface area (Å²) in [5.74, 6) is -0.785. The summed E-state index contributed by atoms with van der Waals surface area (Å²) in [5, 5.41) is 14.8. The van der Waals surface area contributed by atoms with Gasteiger partial charge in [0.15, 0.2) is 5.69 Å². The zero-order valence-corrected chi connectivity index (χ0v) is 14.2. The molecule has 128 valence electrons. The van der Waals surface area contributed by atoms with Crippen molar-refractivity contribution in [1.29, 1.82) is 0 Å². The Balaban J connectivity index is 2.14. The van der Waals surface area contributed by atoms with Crippen molar-refractivity contribution in [2.75, 3.05) is 0 Å². The van der Waals surface area contributed by atoms with E-state index in [9.17, 15) is 18.3 Å². The molecule has 3 N–H and O–H groups in total. The Hall–Kier alpha value is -2.68. The average molecular weight is 378 g/mol. The molecule has 0 saturated carbocycles. The molecule has 7 nitrogen and oxygen atoms in total. The number of carboxylic acid groups (broad SMARTS) is 1. The van der Waals surface area contributed by atoms with Crippen LogP contribution in [-0.4, -0.2) is 29.0 Å². The fourth-order valence-corrected chi connectivity index (χ4v) is 2.92. The largest absolute Gasteiger partial charge is 0.476 e. The Kier molecular flexibility index (Phi) is 4.34. The highest BCUT2D eigenvalue weighted by Gasteiger charge is 2.16. The van der Waals surface area contributed by atoms with E-state index in [1.54, 1.807) is 28.8 Å². The highest BCUT2D eigenvalue weighted by atomic mass is 35.5. The first-order chi connectivity index (χ1) is 11.8. The van der Waals surface area contributed by atoms with E-state index < -0.39 is 16.0 Å². The molecule has 9 heteroatoms. The van der Waals surface area contributed by atoms with Crippen molar-refractivity contribution in [1.82, 2.24) is 9.55 Å². The summed E-state index contributed by atoms with van der Waals surface area (Å²) in [5.41, 5.74) is 1.06. The number of nitrogens with two attached hydrogens (primary N) is 1. The van der Waals surface area contributed by atoms with Gasteiger partial charge in [0.2, 0.25) is 10.0 Å². The summed E-state index contributed by atoms with van der Waals surface area (Å²) in [4.78, 5) is 15.4. The maximum atomic E-state index is 11.4. The SMILES string of the molecule is NS(=O)(=O)c1ccc(-n2cc(C(=O)O)nc2-c2ccc(Cl)cc2)cc1. The number of rotatable bonds is 4. The van der Waals surface area contributed by atoms with Crippen LogP contribution < -0.4 is 5.14 Å². The lowest BCUT2D eigenvalue weighted by Crippen LogP contribution is -2.12. The molecule has 0 amide bonds. The summed E-state index contributed by atoms with van der Waals surface area (Å²) in [7, 11) is -3.81. The Morgan fingerprint density at radius 1 is 1.08 bits per heavy atom. The first-order valence-electron chi connectivity index (χ1n) is 6.97. The zero-order valence-electron chi connectivity index (χ0n) is 12.6. The van der Waals surface area contributed by atoms with Gasteiger partial charge in [-0.2, -0.15) is 0 Å². The van der Waals surface area contributed by atoms with Gasteiger partial charge in [-0.25, -0.2) is 23.3 Å². The number of imidazole rings is 1. The molecule has 0 aliphatic rings. The van der Waals surface area contributed by atoms with E-state index >= 15 is 0 Å². The molecule has 1 heterocycles. The minimum Gasteiger partial charge on any atom is -0.476 e. The summed E-state index contributed by atoms with van der Waals surface area (Å²) in [6.45, 7) is 0. The van der Waals surface area contributed by atoms with Crippen LogP contribution in [-0.2, 0) is 10.0 Å². The smallest absolute Gasteiger partial charge is 0.356 e. The van der Waals surface area contributed by atoms with Crippen LogP contribution in [0.15, 0.2) is 59.6 Å². The predicted octanol–water partition coefficient (Wildman–Crippen LogP) is 2.54. The molecular weight excluding hydrogens is 366 g/mol. The van der Waals surface area contributed by atoms with Gasteiger partial charge in [-0.3, -0.25) is 4.57 Å². The quantitative estimate of drug-likeness (QED) is 0.724. The Labute approximate surface area is 148 Å². The van der Waals surface area contributed by atoms with Crippen molar-refractivity contribution in [3.8, 4) is 17.1 Å². The van der Waals surface area contributed by atoms with E-state index in [2.05, 4.69) is 4.98 Å². The average Bonchev–Trinajstić information content (AvgIpc) is 3.00. The second-order valence-electron chi connectivity index (χ2n) is 5.17. The molecule has 3 rings (SSSR count). The van der Waals surface area contributed by atoms with Gasteiger partial charge in [0.25, 0.3) is 0 Å². The number of primary sulfonamides is 1. The number of nitrogens with zero attached hydrogens (tertiary/aromatic N) is 2. The molecule has 3 aromatic rings. The molecule has 25 heavy (non-hydrogen) atoms. The molecule has 0 spiro atoms. The number of hydrogen-bond donors (Lipinski definition) is 2. The molecule has 0 atom stereocenters. The summed E-state index contributed by atoms with van der Waals surface area (Å²) < 4.78 is 24.3. The fourth-order valence-electron chi connectivity index (χ4n) is 2.28. The zero-order chi connectivity index (χ0) is 18.2. The first-order valence-corrected chi connectivity index (χ1v) is 8.90. The minimum atomic E-state index is -3.81. The van der Waals surface area contributed by atoms with Crippen LogP contribution in [0.2, 0.25) is 5.02 Å². The van der Waals surface area contributed by atoms with E-state index in [1.807, 2.05) is 0 Å². The third kappa shape index (κ3) is 3.55. The van der Waals surface area contributed by atoms with Gasteiger partial charge in [-0.05, 0) is 48.5 Å². The van der Waals surface area contributed by atoms with E-state index in [1.165, 1.54) is 30.5 Å². The van der Waals surface area contributed by atoms with Gasteiger partial charge in [-0.1, -0.05) is 11.6 Å². The Bertz CT molecular complexity index is 1040. The third-order valence-corrected chi connectivity index (χ3v) is 4.65. The van der Waals surface area contributed by atoms with Crippen molar-refractivity contribution in [2.24, 2.45) is 5.14 Å². The lowest BCUT2D eigenvalue weighted by Gasteiger charge is -2.08. The van der Waals surface area contributed by atoms with E-state index in [-0.39, 0.29) is 10.6 Å². The molecule has 0 saturated heterocycles. The van der Waals surface area contributed by atoms with Crippen LogP contribution in [0, 0.1) is 0 Å². The molecular formula is C16H12ClN3O4S. The van der Waals surface area contributed by atoms with Gasteiger partial charge in [0.05, 0.1) is 4.90 Å². The summed E-state index contributed by atoms with van der Waals surface area (Å²) in [6, 6.07) is 12.5. The lowest BCUT2D eigenvalue weighted by atomic mass is 10.2. The molecule has 0 radical (unpaired) electrons. The first kappa shape index (κ1) is 17.2. The minimum absolute atomic E-state index is 0.0390. The third-order valence-electron chi connectivity index (χ3n) is 3.47. The number of carbonyl (C=O) groups is 1. The van der Waals surface area contributed by atoms with Crippen LogP contribution in [0.25, 0.3) is 17.1 Å². The van der Waals surface area contributed by atoms with Crippen molar-refractivity contribution in [2.45, 2.75) is 4.90 Å². The van der Waals surface area contributed by atoms with E-state index in [0.29, 0.717) is 22.1 Å². The maximum absolute atomic E-state index is 11.4. The van der Waals surface area contributed by atoms with Gasteiger partial charge < -0.3 is 5.11 Å². The molecule has 2 aromatic carbocycles. The molecule has 0 aliphatic carbocycles. The van der Waals surface area contributed by atoms with Crippen LogP contribution in [0.4, 0.5) is 0 Å². The molecule has 0 unspecified atom stereocenters. The highest BCUT2D eigenvalue weighted by Crippen LogP contribution is 2.25. The van der Waals surface area contributed by atoms with Crippen molar-refractivity contribution >= 4 is 27.6 Å². The number of sulfonamides is 1. The van der Waals surface area contributed by atoms with Gasteiger partial charge >= 0.3 is 5.97 Å². The molecule has 0 fully saturated rings. The number of halogens is 1. The van der Waals surface area contributed by atoms with E-state index in [0.717, 1.165) is 0 Å². The summed E-state index contributed by atoms with van der Waals surface area (Å²) in [6.07, 6.45) is 1.36. The van der Waals surface area contributed by atoms with Crippen LogP contribution in [0.1, 0.15) is 10.5 Å². The number of aromatic carboxylic acids is 1.